The number of rotatable bonds is 3. The normalized spacial score (nSPS) is 10.8. The zero-order valence-electron chi connectivity index (χ0n) is 12.0. The monoisotopic (exact) mass is 292 g/mol. The molecule has 108 valence electrons. The van der Waals surface area contributed by atoms with Gasteiger partial charge in [-0.2, -0.15) is 0 Å². The highest BCUT2D eigenvalue weighted by Gasteiger charge is 2.23. The van der Waals surface area contributed by atoms with Crippen molar-refractivity contribution in [3.8, 4) is 17.1 Å². The average Bonchev–Trinajstić information content (AvgIpc) is 2.86. The van der Waals surface area contributed by atoms with Crippen molar-refractivity contribution in [2.24, 2.45) is 0 Å². The SMILES string of the molecule is [B]c1ccc(-c2oc3ccc(O)cc3c2C(=O)OCC)cc1. The van der Waals surface area contributed by atoms with Crippen LogP contribution in [0.2, 0.25) is 0 Å². The molecule has 3 rings (SSSR count). The predicted octanol–water partition coefficient (Wildman–Crippen LogP) is 2.78. The summed E-state index contributed by atoms with van der Waals surface area (Å²) in [7, 11) is 5.69. The standard InChI is InChI=1S/C17H13BO4/c1-2-21-17(20)15-13-9-12(19)7-8-14(13)22-16(15)10-3-5-11(18)6-4-10/h3-9,19H,2H2,1H3. The van der Waals surface area contributed by atoms with Gasteiger partial charge in [0.15, 0.2) is 0 Å². The lowest BCUT2D eigenvalue weighted by molar-refractivity contribution is 0.0529. The van der Waals surface area contributed by atoms with Gasteiger partial charge in [0, 0.05) is 10.9 Å². The molecule has 2 aromatic carbocycles. The first-order valence-electron chi connectivity index (χ1n) is 6.88. The van der Waals surface area contributed by atoms with Gasteiger partial charge in [-0.25, -0.2) is 4.79 Å². The number of esters is 1. The fourth-order valence-electron chi connectivity index (χ4n) is 2.33. The van der Waals surface area contributed by atoms with E-state index in [0.717, 1.165) is 0 Å². The second-order valence-electron chi connectivity index (χ2n) is 4.83. The van der Waals surface area contributed by atoms with Crippen LogP contribution in [0.3, 0.4) is 0 Å². The first kappa shape index (κ1) is 14.3. The molecule has 0 amide bonds. The molecule has 5 heteroatoms. The summed E-state index contributed by atoms with van der Waals surface area (Å²) in [5, 5.41) is 10.2. The van der Waals surface area contributed by atoms with Gasteiger partial charge in [-0.1, -0.05) is 29.7 Å². The van der Waals surface area contributed by atoms with Gasteiger partial charge >= 0.3 is 5.97 Å². The second-order valence-corrected chi connectivity index (χ2v) is 4.83. The molecule has 1 heterocycles. The van der Waals surface area contributed by atoms with Gasteiger partial charge in [-0.15, -0.1) is 0 Å². The number of aromatic hydroxyl groups is 1. The van der Waals surface area contributed by atoms with Gasteiger partial charge in [0.1, 0.15) is 30.5 Å². The minimum absolute atomic E-state index is 0.0581. The van der Waals surface area contributed by atoms with Crippen molar-refractivity contribution in [3.63, 3.8) is 0 Å². The van der Waals surface area contributed by atoms with Crippen molar-refractivity contribution in [2.45, 2.75) is 6.92 Å². The molecule has 0 spiro atoms. The number of carbonyl (C=O) groups is 1. The van der Waals surface area contributed by atoms with Crippen molar-refractivity contribution in [1.29, 1.82) is 0 Å². The van der Waals surface area contributed by atoms with E-state index in [2.05, 4.69) is 0 Å². The summed E-state index contributed by atoms with van der Waals surface area (Å²) >= 11 is 0. The van der Waals surface area contributed by atoms with Crippen LogP contribution in [0.5, 0.6) is 5.75 Å². The summed E-state index contributed by atoms with van der Waals surface area (Å²) in [6.07, 6.45) is 0. The molecule has 22 heavy (non-hydrogen) atoms. The molecular weight excluding hydrogens is 279 g/mol. The molecule has 2 radical (unpaired) electrons. The van der Waals surface area contributed by atoms with Crippen molar-refractivity contribution >= 4 is 30.2 Å². The largest absolute Gasteiger partial charge is 0.508 e. The van der Waals surface area contributed by atoms with E-state index in [1.807, 2.05) is 0 Å². The predicted molar refractivity (Wildman–Crippen MR) is 84.7 cm³/mol. The second kappa shape index (κ2) is 5.60. The Kier molecular flexibility index (Phi) is 3.63. The summed E-state index contributed by atoms with van der Waals surface area (Å²) < 4.78 is 10.9. The van der Waals surface area contributed by atoms with E-state index in [0.29, 0.717) is 33.3 Å². The van der Waals surface area contributed by atoms with Gasteiger partial charge in [-0.05, 0) is 25.1 Å². The van der Waals surface area contributed by atoms with E-state index in [1.165, 1.54) is 12.1 Å². The van der Waals surface area contributed by atoms with Crippen LogP contribution in [0.1, 0.15) is 17.3 Å². The van der Waals surface area contributed by atoms with Crippen LogP contribution in [0.15, 0.2) is 46.9 Å². The number of phenolic OH excluding ortho intramolecular Hbond substituents is 1. The van der Waals surface area contributed by atoms with Crippen LogP contribution in [-0.4, -0.2) is 25.5 Å². The number of fused-ring (bicyclic) bond motifs is 1. The lowest BCUT2D eigenvalue weighted by Crippen LogP contribution is -2.05. The fourth-order valence-corrected chi connectivity index (χ4v) is 2.33. The van der Waals surface area contributed by atoms with Crippen LogP contribution in [0.4, 0.5) is 0 Å². The van der Waals surface area contributed by atoms with Crippen LogP contribution in [0, 0.1) is 0 Å². The number of phenols is 1. The number of hydrogen-bond acceptors (Lipinski definition) is 4. The molecule has 1 aromatic heterocycles. The molecule has 4 nitrogen and oxygen atoms in total. The molecule has 0 aliphatic rings. The third-order valence-corrected chi connectivity index (χ3v) is 3.32. The number of benzene rings is 2. The van der Waals surface area contributed by atoms with E-state index in [4.69, 9.17) is 17.0 Å². The molecule has 0 aliphatic carbocycles. The molecule has 0 fully saturated rings. The smallest absolute Gasteiger partial charge is 0.342 e. The minimum Gasteiger partial charge on any atom is -0.508 e. The molecule has 0 atom stereocenters. The maximum absolute atomic E-state index is 12.3. The van der Waals surface area contributed by atoms with Crippen LogP contribution >= 0.6 is 0 Å². The number of hydrogen-bond donors (Lipinski definition) is 1. The first-order valence-corrected chi connectivity index (χ1v) is 6.88. The lowest BCUT2D eigenvalue weighted by atomic mass is 9.94. The van der Waals surface area contributed by atoms with Crippen molar-refractivity contribution in [3.05, 3.63) is 48.0 Å². The Morgan fingerprint density at radius 3 is 2.64 bits per heavy atom. The molecule has 0 unspecified atom stereocenters. The third kappa shape index (κ3) is 2.46. The maximum atomic E-state index is 12.3. The van der Waals surface area contributed by atoms with Crippen molar-refractivity contribution < 1.29 is 19.1 Å². The van der Waals surface area contributed by atoms with Gasteiger partial charge in [0.25, 0.3) is 0 Å². The fraction of sp³-hybridized carbons (Fsp3) is 0.118. The Labute approximate surface area is 128 Å². The zero-order chi connectivity index (χ0) is 15.7. The Hall–Kier alpha value is -2.69. The van der Waals surface area contributed by atoms with Gasteiger partial charge in [-0.3, -0.25) is 0 Å². The van der Waals surface area contributed by atoms with Crippen molar-refractivity contribution in [2.75, 3.05) is 6.61 Å². The van der Waals surface area contributed by atoms with Crippen LogP contribution in [-0.2, 0) is 4.74 Å². The Morgan fingerprint density at radius 2 is 1.95 bits per heavy atom. The average molecular weight is 292 g/mol. The minimum atomic E-state index is -0.487. The van der Waals surface area contributed by atoms with Crippen LogP contribution < -0.4 is 5.46 Å². The molecule has 1 N–H and O–H groups in total. The quantitative estimate of drug-likeness (QED) is 0.595. The first-order chi connectivity index (χ1) is 10.6. The summed E-state index contributed by atoms with van der Waals surface area (Å²) in [6.45, 7) is 1.99. The number of ether oxygens (including phenoxy) is 1. The molecule has 0 saturated carbocycles. The van der Waals surface area contributed by atoms with E-state index in [9.17, 15) is 9.90 Å². The summed E-state index contributed by atoms with van der Waals surface area (Å²) in [4.78, 5) is 12.3. The molecular formula is C17H13BO4. The van der Waals surface area contributed by atoms with Crippen molar-refractivity contribution in [1.82, 2.24) is 0 Å². The molecule has 3 aromatic rings. The van der Waals surface area contributed by atoms with E-state index < -0.39 is 5.97 Å². The number of furan rings is 1. The summed E-state index contributed by atoms with van der Waals surface area (Å²) in [5.74, 6) is -0.0274. The Morgan fingerprint density at radius 1 is 1.23 bits per heavy atom. The third-order valence-electron chi connectivity index (χ3n) is 3.32. The molecule has 0 aliphatic heterocycles. The van der Waals surface area contributed by atoms with E-state index >= 15 is 0 Å². The van der Waals surface area contributed by atoms with Crippen LogP contribution in [0.25, 0.3) is 22.3 Å². The highest BCUT2D eigenvalue weighted by molar-refractivity contribution is 6.32. The van der Waals surface area contributed by atoms with Gasteiger partial charge in [0.2, 0.25) is 0 Å². The summed E-state index contributed by atoms with van der Waals surface area (Å²) in [5.41, 5.74) is 2.15. The van der Waals surface area contributed by atoms with Gasteiger partial charge in [0.05, 0.1) is 6.61 Å². The van der Waals surface area contributed by atoms with E-state index in [-0.39, 0.29) is 12.4 Å². The molecule has 0 bridgehead atoms. The Bertz CT molecular complexity index is 834. The topological polar surface area (TPSA) is 59.7 Å². The van der Waals surface area contributed by atoms with Gasteiger partial charge < -0.3 is 14.3 Å². The Balaban J connectivity index is 2.26. The zero-order valence-corrected chi connectivity index (χ0v) is 12.0. The highest BCUT2D eigenvalue weighted by Crippen LogP contribution is 2.35. The van der Waals surface area contributed by atoms with E-state index in [1.54, 1.807) is 37.3 Å². The highest BCUT2D eigenvalue weighted by atomic mass is 16.5. The lowest BCUT2D eigenvalue weighted by Gasteiger charge is -2.04. The molecule has 0 saturated heterocycles. The summed E-state index contributed by atoms with van der Waals surface area (Å²) in [6, 6.07) is 11.6. The maximum Gasteiger partial charge on any atom is 0.342 e. The number of carbonyl (C=O) groups excluding carboxylic acids is 1.